The summed E-state index contributed by atoms with van der Waals surface area (Å²) in [5.41, 5.74) is 1.37. The molecule has 2 aromatic carbocycles. The second-order valence-corrected chi connectivity index (χ2v) is 5.38. The highest BCUT2D eigenvalue weighted by atomic mass is 16.3. The number of carbonyl (C=O) groups is 1. The van der Waals surface area contributed by atoms with Crippen molar-refractivity contribution < 1.29 is 9.90 Å². The van der Waals surface area contributed by atoms with Crippen LogP contribution in [-0.2, 0) is 4.79 Å². The highest BCUT2D eigenvalue weighted by Gasteiger charge is 2.38. The predicted octanol–water partition coefficient (Wildman–Crippen LogP) is 2.31. The van der Waals surface area contributed by atoms with Gasteiger partial charge < -0.3 is 10.4 Å². The zero-order chi connectivity index (χ0) is 15.8. The van der Waals surface area contributed by atoms with E-state index in [1.807, 2.05) is 30.3 Å². The van der Waals surface area contributed by atoms with E-state index < -0.39 is 12.1 Å². The van der Waals surface area contributed by atoms with Crippen LogP contribution in [0.3, 0.4) is 0 Å². The van der Waals surface area contributed by atoms with Gasteiger partial charge in [0, 0.05) is 5.56 Å². The summed E-state index contributed by atoms with van der Waals surface area (Å²) in [6, 6.07) is 15.0. The van der Waals surface area contributed by atoms with Crippen molar-refractivity contribution in [2.24, 2.45) is 0 Å². The van der Waals surface area contributed by atoms with E-state index in [2.05, 4.69) is 15.4 Å². The average Bonchev–Trinajstić information content (AvgIpc) is 3.04. The molecule has 4 rings (SSSR count). The molecule has 1 aromatic heterocycles. The SMILES string of the molecule is O=C1C(c2ccccc2O)Nc2ncnn2C1c1ccccc1. The molecule has 0 saturated carbocycles. The van der Waals surface area contributed by atoms with Crippen molar-refractivity contribution >= 4 is 11.7 Å². The standard InChI is InChI=1S/C17H14N4O2/c22-13-9-5-4-8-12(13)14-16(23)15(11-6-2-1-3-7-11)21-17(20-14)18-10-19-21/h1-10,14-15,22H,(H,18,19,20). The molecule has 0 radical (unpaired) electrons. The van der Waals surface area contributed by atoms with Crippen LogP contribution < -0.4 is 5.32 Å². The van der Waals surface area contributed by atoms with E-state index in [9.17, 15) is 9.90 Å². The van der Waals surface area contributed by atoms with Gasteiger partial charge in [-0.15, -0.1) is 0 Å². The fraction of sp³-hybridized carbons (Fsp3) is 0.118. The number of para-hydroxylation sites is 1. The lowest BCUT2D eigenvalue weighted by atomic mass is 9.91. The van der Waals surface area contributed by atoms with Gasteiger partial charge in [-0.05, 0) is 11.6 Å². The third-order valence-corrected chi connectivity index (χ3v) is 4.01. The predicted molar refractivity (Wildman–Crippen MR) is 84.1 cm³/mol. The van der Waals surface area contributed by atoms with E-state index in [1.54, 1.807) is 28.9 Å². The molecule has 6 heteroatoms. The van der Waals surface area contributed by atoms with Gasteiger partial charge in [0.2, 0.25) is 5.95 Å². The van der Waals surface area contributed by atoms with Crippen LogP contribution in [0.15, 0.2) is 60.9 Å². The van der Waals surface area contributed by atoms with E-state index in [0.29, 0.717) is 11.5 Å². The van der Waals surface area contributed by atoms with Crippen LogP contribution in [0.4, 0.5) is 5.95 Å². The normalized spacial score (nSPS) is 19.9. The highest BCUT2D eigenvalue weighted by Crippen LogP contribution is 2.37. The number of ketones is 1. The number of aromatic hydroxyl groups is 1. The Hall–Kier alpha value is -3.15. The number of carbonyl (C=O) groups excluding carboxylic acids is 1. The van der Waals surface area contributed by atoms with Gasteiger partial charge in [0.25, 0.3) is 0 Å². The largest absolute Gasteiger partial charge is 0.508 e. The Morgan fingerprint density at radius 2 is 1.78 bits per heavy atom. The number of anilines is 1. The molecule has 3 aromatic rings. The van der Waals surface area contributed by atoms with E-state index in [4.69, 9.17) is 0 Å². The van der Waals surface area contributed by atoms with Crippen LogP contribution in [0.2, 0.25) is 0 Å². The molecule has 2 unspecified atom stereocenters. The van der Waals surface area contributed by atoms with E-state index >= 15 is 0 Å². The minimum absolute atomic E-state index is 0.0816. The second kappa shape index (κ2) is 5.24. The maximum atomic E-state index is 13.1. The first kappa shape index (κ1) is 13.5. The summed E-state index contributed by atoms with van der Waals surface area (Å²) in [6.07, 6.45) is 1.42. The summed E-state index contributed by atoms with van der Waals surface area (Å²) in [5, 5.41) is 17.3. The topological polar surface area (TPSA) is 80.0 Å². The second-order valence-electron chi connectivity index (χ2n) is 5.38. The van der Waals surface area contributed by atoms with Crippen molar-refractivity contribution in [3.63, 3.8) is 0 Å². The fourth-order valence-electron chi connectivity index (χ4n) is 2.92. The Balaban J connectivity index is 1.84. The Morgan fingerprint density at radius 1 is 1.04 bits per heavy atom. The molecule has 0 spiro atoms. The molecule has 0 amide bonds. The molecular weight excluding hydrogens is 292 g/mol. The Bertz CT molecular complexity index is 860. The first-order valence-corrected chi connectivity index (χ1v) is 7.28. The van der Waals surface area contributed by atoms with Crippen molar-refractivity contribution in [2.45, 2.75) is 12.1 Å². The minimum Gasteiger partial charge on any atom is -0.508 e. The summed E-state index contributed by atoms with van der Waals surface area (Å²) in [4.78, 5) is 17.3. The Kier molecular flexibility index (Phi) is 3.08. The van der Waals surface area contributed by atoms with Gasteiger partial charge in [-0.25, -0.2) is 4.68 Å². The van der Waals surface area contributed by atoms with E-state index in [0.717, 1.165) is 5.56 Å². The first-order chi connectivity index (χ1) is 11.3. The van der Waals surface area contributed by atoms with Gasteiger partial charge in [-0.3, -0.25) is 4.79 Å². The molecule has 0 aliphatic carbocycles. The molecule has 2 atom stereocenters. The van der Waals surface area contributed by atoms with Crippen LogP contribution in [0.5, 0.6) is 5.75 Å². The molecule has 0 saturated heterocycles. The van der Waals surface area contributed by atoms with Crippen molar-refractivity contribution in [2.75, 3.05) is 5.32 Å². The molecule has 6 nitrogen and oxygen atoms in total. The number of benzene rings is 2. The maximum absolute atomic E-state index is 13.1. The summed E-state index contributed by atoms with van der Waals surface area (Å²) in [7, 11) is 0. The fourth-order valence-corrected chi connectivity index (χ4v) is 2.92. The monoisotopic (exact) mass is 306 g/mol. The van der Waals surface area contributed by atoms with Crippen molar-refractivity contribution in [1.82, 2.24) is 14.8 Å². The van der Waals surface area contributed by atoms with Crippen molar-refractivity contribution in [1.29, 1.82) is 0 Å². The van der Waals surface area contributed by atoms with Gasteiger partial charge in [-0.1, -0.05) is 48.5 Å². The molecule has 1 aliphatic heterocycles. The third-order valence-electron chi connectivity index (χ3n) is 4.01. The van der Waals surface area contributed by atoms with Gasteiger partial charge >= 0.3 is 0 Å². The number of phenolic OH excluding ortho intramolecular Hbond substituents is 1. The van der Waals surface area contributed by atoms with Crippen LogP contribution in [0.1, 0.15) is 23.2 Å². The lowest BCUT2D eigenvalue weighted by molar-refractivity contribution is -0.122. The summed E-state index contributed by atoms with van der Waals surface area (Å²) in [6.45, 7) is 0. The quantitative estimate of drug-likeness (QED) is 0.759. The van der Waals surface area contributed by atoms with Crippen LogP contribution in [0.25, 0.3) is 0 Å². The number of phenols is 1. The maximum Gasteiger partial charge on any atom is 0.222 e. The smallest absolute Gasteiger partial charge is 0.222 e. The van der Waals surface area contributed by atoms with E-state index in [1.165, 1.54) is 6.33 Å². The van der Waals surface area contributed by atoms with Crippen molar-refractivity contribution in [3.8, 4) is 5.75 Å². The molecule has 2 N–H and O–H groups in total. The number of rotatable bonds is 2. The van der Waals surface area contributed by atoms with E-state index in [-0.39, 0.29) is 11.5 Å². The van der Waals surface area contributed by atoms with Gasteiger partial charge in [0.1, 0.15) is 24.2 Å². The molecule has 2 heterocycles. The molecule has 114 valence electrons. The van der Waals surface area contributed by atoms with Gasteiger partial charge in [0.15, 0.2) is 5.78 Å². The Labute approximate surface area is 132 Å². The third kappa shape index (κ3) is 2.15. The zero-order valence-electron chi connectivity index (χ0n) is 12.1. The van der Waals surface area contributed by atoms with Gasteiger partial charge in [0.05, 0.1) is 0 Å². The van der Waals surface area contributed by atoms with Crippen LogP contribution in [-0.4, -0.2) is 25.7 Å². The summed E-state index contributed by atoms with van der Waals surface area (Å²) in [5.74, 6) is 0.500. The van der Waals surface area contributed by atoms with Crippen LogP contribution in [0, 0.1) is 0 Å². The Morgan fingerprint density at radius 3 is 2.57 bits per heavy atom. The number of Topliss-reactive ketones (excluding diaryl/α,β-unsaturated/α-hetero) is 1. The number of aromatic nitrogens is 3. The summed E-state index contributed by atoms with van der Waals surface area (Å²) < 4.78 is 1.58. The zero-order valence-corrected chi connectivity index (χ0v) is 12.1. The lowest BCUT2D eigenvalue weighted by Gasteiger charge is -2.30. The number of fused-ring (bicyclic) bond motifs is 1. The number of nitrogens with one attached hydrogen (secondary N) is 1. The van der Waals surface area contributed by atoms with Gasteiger partial charge in [-0.2, -0.15) is 10.1 Å². The lowest BCUT2D eigenvalue weighted by Crippen LogP contribution is -2.37. The number of hydrogen-bond acceptors (Lipinski definition) is 5. The summed E-state index contributed by atoms with van der Waals surface area (Å²) >= 11 is 0. The number of hydrogen-bond donors (Lipinski definition) is 2. The molecule has 0 fully saturated rings. The molecule has 0 bridgehead atoms. The number of nitrogens with zero attached hydrogens (tertiary/aromatic N) is 3. The minimum atomic E-state index is -0.668. The highest BCUT2D eigenvalue weighted by molar-refractivity contribution is 5.95. The molecule has 1 aliphatic rings. The van der Waals surface area contributed by atoms with Crippen LogP contribution >= 0.6 is 0 Å². The first-order valence-electron chi connectivity index (χ1n) is 7.28. The molecular formula is C17H14N4O2. The average molecular weight is 306 g/mol. The molecule has 23 heavy (non-hydrogen) atoms. The van der Waals surface area contributed by atoms with Crippen molar-refractivity contribution in [3.05, 3.63) is 72.1 Å².